The van der Waals surface area contributed by atoms with Gasteiger partial charge in [0, 0.05) is 11.6 Å². The molecule has 1 aliphatic carbocycles. The molecular formula is C19H22O4. The molecule has 122 valence electrons. The second-order valence-corrected chi connectivity index (χ2v) is 5.84. The van der Waals surface area contributed by atoms with Crippen molar-refractivity contribution in [2.24, 2.45) is 5.92 Å². The van der Waals surface area contributed by atoms with Crippen LogP contribution in [0.5, 0.6) is 17.2 Å². The molecule has 0 aromatic heterocycles. The van der Waals surface area contributed by atoms with Crippen LogP contribution in [0.15, 0.2) is 42.5 Å². The minimum absolute atomic E-state index is 0.193. The lowest BCUT2D eigenvalue weighted by Crippen LogP contribution is -2.30. The van der Waals surface area contributed by atoms with Gasteiger partial charge >= 0.3 is 0 Å². The third-order valence-electron chi connectivity index (χ3n) is 4.52. The second-order valence-electron chi connectivity index (χ2n) is 5.84. The zero-order valence-electron chi connectivity index (χ0n) is 13.7. The highest BCUT2D eigenvalue weighted by Crippen LogP contribution is 2.52. The Kier molecular flexibility index (Phi) is 4.18. The third-order valence-corrected chi connectivity index (χ3v) is 4.52. The van der Waals surface area contributed by atoms with Crippen molar-refractivity contribution in [1.29, 1.82) is 0 Å². The lowest BCUT2D eigenvalue weighted by molar-refractivity contribution is 0.0537. The van der Waals surface area contributed by atoms with E-state index in [1.807, 2.05) is 42.5 Å². The maximum atomic E-state index is 11.6. The molecule has 0 radical (unpaired) electrons. The Morgan fingerprint density at radius 1 is 0.870 bits per heavy atom. The highest BCUT2D eigenvalue weighted by Gasteiger charge is 2.48. The SMILES string of the molecule is COc1ccc(C(O)(c2ccc(OC)cc2OC)C2CC2)cc1. The van der Waals surface area contributed by atoms with Crippen LogP contribution in [0.25, 0.3) is 0 Å². The maximum absolute atomic E-state index is 11.6. The Morgan fingerprint density at radius 3 is 2.00 bits per heavy atom. The van der Waals surface area contributed by atoms with Crippen LogP contribution in [0, 0.1) is 5.92 Å². The second kappa shape index (κ2) is 6.13. The molecule has 0 amide bonds. The molecule has 1 atom stereocenters. The third kappa shape index (κ3) is 2.75. The van der Waals surface area contributed by atoms with Crippen LogP contribution in [-0.2, 0) is 5.60 Å². The molecule has 1 saturated carbocycles. The maximum Gasteiger partial charge on any atom is 0.129 e. The summed E-state index contributed by atoms with van der Waals surface area (Å²) in [5.74, 6) is 2.31. The lowest BCUT2D eigenvalue weighted by atomic mass is 9.81. The van der Waals surface area contributed by atoms with Gasteiger partial charge in [-0.15, -0.1) is 0 Å². The normalized spacial score (nSPS) is 16.5. The molecule has 0 saturated heterocycles. The predicted octanol–water partition coefficient (Wildman–Crippen LogP) is 3.36. The monoisotopic (exact) mass is 314 g/mol. The molecule has 0 bridgehead atoms. The molecule has 0 heterocycles. The van der Waals surface area contributed by atoms with Gasteiger partial charge in [0.1, 0.15) is 22.8 Å². The number of aliphatic hydroxyl groups is 1. The number of methoxy groups -OCH3 is 3. The zero-order valence-corrected chi connectivity index (χ0v) is 13.7. The van der Waals surface area contributed by atoms with Crippen molar-refractivity contribution in [3.05, 3.63) is 53.6 Å². The average Bonchev–Trinajstić information content (AvgIpc) is 3.46. The van der Waals surface area contributed by atoms with Crippen molar-refractivity contribution in [1.82, 2.24) is 0 Å². The number of hydrogen-bond acceptors (Lipinski definition) is 4. The molecule has 3 rings (SSSR count). The molecule has 0 aliphatic heterocycles. The fourth-order valence-corrected chi connectivity index (χ4v) is 3.07. The van der Waals surface area contributed by atoms with Crippen LogP contribution in [0.3, 0.4) is 0 Å². The van der Waals surface area contributed by atoms with Crippen molar-refractivity contribution < 1.29 is 19.3 Å². The van der Waals surface area contributed by atoms with Gasteiger partial charge in [-0.2, -0.15) is 0 Å². The van der Waals surface area contributed by atoms with Crippen LogP contribution >= 0.6 is 0 Å². The van der Waals surface area contributed by atoms with Gasteiger partial charge in [0.25, 0.3) is 0 Å². The summed E-state index contributed by atoms with van der Waals surface area (Å²) in [5.41, 5.74) is 0.557. The summed E-state index contributed by atoms with van der Waals surface area (Å²) in [5, 5.41) is 11.6. The van der Waals surface area contributed by atoms with Crippen molar-refractivity contribution >= 4 is 0 Å². The quantitative estimate of drug-likeness (QED) is 0.888. The van der Waals surface area contributed by atoms with Gasteiger partial charge in [-0.05, 0) is 48.6 Å². The van der Waals surface area contributed by atoms with E-state index in [2.05, 4.69) is 0 Å². The zero-order chi connectivity index (χ0) is 16.4. The fraction of sp³-hybridized carbons (Fsp3) is 0.368. The average molecular weight is 314 g/mol. The summed E-state index contributed by atoms with van der Waals surface area (Å²) in [6, 6.07) is 13.1. The van der Waals surface area contributed by atoms with Gasteiger partial charge in [-0.1, -0.05) is 12.1 Å². The molecule has 1 unspecified atom stereocenters. The van der Waals surface area contributed by atoms with E-state index in [9.17, 15) is 5.11 Å². The van der Waals surface area contributed by atoms with Crippen molar-refractivity contribution in [3.8, 4) is 17.2 Å². The Bertz CT molecular complexity index is 676. The van der Waals surface area contributed by atoms with Gasteiger partial charge in [0.05, 0.1) is 21.3 Å². The van der Waals surface area contributed by atoms with Crippen LogP contribution in [0.2, 0.25) is 0 Å². The largest absolute Gasteiger partial charge is 0.497 e. The van der Waals surface area contributed by atoms with Crippen LogP contribution < -0.4 is 14.2 Å². The number of hydrogen-bond donors (Lipinski definition) is 1. The van der Waals surface area contributed by atoms with Crippen LogP contribution in [0.4, 0.5) is 0 Å². The van der Waals surface area contributed by atoms with E-state index in [4.69, 9.17) is 14.2 Å². The van der Waals surface area contributed by atoms with Crippen molar-refractivity contribution in [2.75, 3.05) is 21.3 Å². The summed E-state index contributed by atoms with van der Waals surface area (Å²) >= 11 is 0. The standard InChI is InChI=1S/C19H22O4/c1-21-15-8-6-14(7-9-15)19(20,13-4-5-13)17-11-10-16(22-2)12-18(17)23-3/h6-13,20H,4-5H2,1-3H3. The molecule has 4 heteroatoms. The smallest absolute Gasteiger partial charge is 0.129 e. The van der Waals surface area contributed by atoms with E-state index >= 15 is 0 Å². The van der Waals surface area contributed by atoms with Gasteiger partial charge in [-0.3, -0.25) is 0 Å². The molecule has 1 aliphatic rings. The lowest BCUT2D eigenvalue weighted by Gasteiger charge is -2.31. The number of rotatable bonds is 6. The van der Waals surface area contributed by atoms with Gasteiger partial charge < -0.3 is 19.3 Å². The first-order valence-electron chi connectivity index (χ1n) is 7.73. The summed E-state index contributed by atoms with van der Waals surface area (Å²) in [4.78, 5) is 0. The first-order chi connectivity index (χ1) is 11.1. The number of benzene rings is 2. The molecular weight excluding hydrogens is 292 g/mol. The highest BCUT2D eigenvalue weighted by atomic mass is 16.5. The first kappa shape index (κ1) is 15.7. The summed E-state index contributed by atoms with van der Waals surface area (Å²) in [7, 11) is 4.86. The van der Waals surface area contributed by atoms with Crippen molar-refractivity contribution in [3.63, 3.8) is 0 Å². The fourth-order valence-electron chi connectivity index (χ4n) is 3.07. The molecule has 1 fully saturated rings. The Hall–Kier alpha value is -2.20. The molecule has 1 N–H and O–H groups in total. The van der Waals surface area contributed by atoms with Crippen LogP contribution in [-0.4, -0.2) is 26.4 Å². The summed E-state index contributed by atoms with van der Waals surface area (Å²) in [6.45, 7) is 0. The summed E-state index contributed by atoms with van der Waals surface area (Å²) < 4.78 is 16.0. The molecule has 2 aromatic rings. The molecule has 23 heavy (non-hydrogen) atoms. The van der Waals surface area contributed by atoms with Crippen molar-refractivity contribution in [2.45, 2.75) is 18.4 Å². The molecule has 0 spiro atoms. The van der Waals surface area contributed by atoms with E-state index in [-0.39, 0.29) is 5.92 Å². The van der Waals surface area contributed by atoms with Gasteiger partial charge in [0.15, 0.2) is 0 Å². The van der Waals surface area contributed by atoms with Gasteiger partial charge in [-0.25, -0.2) is 0 Å². The highest BCUT2D eigenvalue weighted by molar-refractivity contribution is 5.50. The van der Waals surface area contributed by atoms with Gasteiger partial charge in [0.2, 0.25) is 0 Å². The minimum atomic E-state index is -1.07. The Balaban J connectivity index is 2.10. The number of ether oxygens (including phenoxy) is 3. The van der Waals surface area contributed by atoms with E-state index in [1.54, 1.807) is 21.3 Å². The Labute approximate surface area is 136 Å². The first-order valence-corrected chi connectivity index (χ1v) is 7.73. The molecule has 2 aromatic carbocycles. The van der Waals surface area contributed by atoms with E-state index in [0.717, 1.165) is 29.7 Å². The van der Waals surface area contributed by atoms with E-state index in [1.165, 1.54) is 0 Å². The summed E-state index contributed by atoms with van der Waals surface area (Å²) in [6.07, 6.45) is 2.00. The topological polar surface area (TPSA) is 47.9 Å². The van der Waals surface area contributed by atoms with Crippen LogP contribution in [0.1, 0.15) is 24.0 Å². The minimum Gasteiger partial charge on any atom is -0.497 e. The van der Waals surface area contributed by atoms with E-state index < -0.39 is 5.60 Å². The predicted molar refractivity (Wildman–Crippen MR) is 88.3 cm³/mol. The molecule has 4 nitrogen and oxygen atoms in total. The Morgan fingerprint density at radius 2 is 1.48 bits per heavy atom. The van der Waals surface area contributed by atoms with E-state index in [0.29, 0.717) is 11.5 Å².